The standard InChI is InChI=1S/C14H9BrFNO2/c15-8-1-3-11(17-7-8)14-6-12(18)10-5-9(16)2-4-13(10)19-14/h1-5,7,14H,6H2. The largest absolute Gasteiger partial charge is 0.483 e. The first-order valence-electron chi connectivity index (χ1n) is 5.74. The number of carbonyl (C=O) groups excluding carboxylic acids is 1. The van der Waals surface area contributed by atoms with Gasteiger partial charge in [-0.05, 0) is 46.3 Å². The topological polar surface area (TPSA) is 39.2 Å². The van der Waals surface area contributed by atoms with Crippen LogP contribution in [0.5, 0.6) is 5.75 Å². The van der Waals surface area contributed by atoms with Gasteiger partial charge in [0.25, 0.3) is 0 Å². The van der Waals surface area contributed by atoms with Crippen LogP contribution in [0.4, 0.5) is 4.39 Å². The van der Waals surface area contributed by atoms with Gasteiger partial charge in [0.2, 0.25) is 0 Å². The fraction of sp³-hybridized carbons (Fsp3) is 0.143. The molecule has 0 N–H and O–H groups in total. The zero-order chi connectivity index (χ0) is 13.4. The number of carbonyl (C=O) groups is 1. The lowest BCUT2D eigenvalue weighted by atomic mass is 9.99. The van der Waals surface area contributed by atoms with Crippen LogP contribution in [0, 0.1) is 5.82 Å². The predicted octanol–water partition coefficient (Wildman–Crippen LogP) is 3.69. The maximum Gasteiger partial charge on any atom is 0.170 e. The first-order chi connectivity index (χ1) is 9.13. The highest BCUT2D eigenvalue weighted by atomic mass is 79.9. The maximum absolute atomic E-state index is 13.1. The number of fused-ring (bicyclic) bond motifs is 1. The van der Waals surface area contributed by atoms with E-state index in [1.807, 2.05) is 6.07 Å². The molecule has 3 rings (SSSR count). The predicted molar refractivity (Wildman–Crippen MR) is 70.7 cm³/mol. The molecule has 1 aliphatic heterocycles. The van der Waals surface area contributed by atoms with E-state index < -0.39 is 11.9 Å². The first-order valence-corrected chi connectivity index (χ1v) is 6.53. The van der Waals surface area contributed by atoms with Crippen LogP contribution in [0.25, 0.3) is 0 Å². The summed E-state index contributed by atoms with van der Waals surface area (Å²) in [6, 6.07) is 7.62. The molecular formula is C14H9BrFNO2. The van der Waals surface area contributed by atoms with E-state index >= 15 is 0 Å². The SMILES string of the molecule is O=C1CC(c2ccc(Br)cn2)Oc2ccc(F)cc21. The van der Waals surface area contributed by atoms with E-state index in [0.29, 0.717) is 17.0 Å². The highest BCUT2D eigenvalue weighted by Crippen LogP contribution is 2.34. The molecule has 1 aromatic heterocycles. The number of nitrogens with zero attached hydrogens (tertiary/aromatic N) is 1. The second-order valence-electron chi connectivity index (χ2n) is 4.28. The molecule has 0 bridgehead atoms. The van der Waals surface area contributed by atoms with Crippen molar-refractivity contribution >= 4 is 21.7 Å². The summed E-state index contributed by atoms with van der Waals surface area (Å²) in [5, 5.41) is 0. The number of aromatic nitrogens is 1. The van der Waals surface area contributed by atoms with Crippen molar-refractivity contribution in [1.29, 1.82) is 0 Å². The minimum atomic E-state index is -0.434. The summed E-state index contributed by atoms with van der Waals surface area (Å²) in [5.74, 6) is -0.154. The molecule has 0 saturated carbocycles. The highest BCUT2D eigenvalue weighted by Gasteiger charge is 2.28. The average molecular weight is 322 g/mol. The smallest absolute Gasteiger partial charge is 0.170 e. The van der Waals surface area contributed by atoms with E-state index in [-0.39, 0.29) is 12.2 Å². The zero-order valence-electron chi connectivity index (χ0n) is 9.77. The second kappa shape index (κ2) is 4.74. The molecule has 0 amide bonds. The minimum absolute atomic E-state index is 0.129. The van der Waals surface area contributed by atoms with E-state index in [0.717, 1.165) is 4.47 Å². The van der Waals surface area contributed by atoms with Gasteiger partial charge in [-0.25, -0.2) is 4.39 Å². The summed E-state index contributed by atoms with van der Waals surface area (Å²) in [6.07, 6.45) is 1.41. The molecule has 5 heteroatoms. The van der Waals surface area contributed by atoms with Crippen LogP contribution >= 0.6 is 15.9 Å². The number of benzene rings is 1. The summed E-state index contributed by atoms with van der Waals surface area (Å²) < 4.78 is 19.7. The molecule has 0 spiro atoms. The molecule has 0 aliphatic carbocycles. The van der Waals surface area contributed by atoms with Gasteiger partial charge in [0.15, 0.2) is 5.78 Å². The first kappa shape index (κ1) is 12.3. The Kier molecular flexibility index (Phi) is 3.06. The van der Waals surface area contributed by atoms with Gasteiger partial charge in [-0.15, -0.1) is 0 Å². The molecule has 96 valence electrons. The van der Waals surface area contributed by atoms with Crippen molar-refractivity contribution in [2.75, 3.05) is 0 Å². The van der Waals surface area contributed by atoms with Crippen molar-refractivity contribution in [1.82, 2.24) is 4.98 Å². The number of rotatable bonds is 1. The van der Waals surface area contributed by atoms with Crippen molar-refractivity contribution in [3.63, 3.8) is 0 Å². The zero-order valence-corrected chi connectivity index (χ0v) is 11.4. The molecule has 0 fully saturated rings. The molecular weight excluding hydrogens is 313 g/mol. The molecule has 1 atom stereocenters. The summed E-state index contributed by atoms with van der Waals surface area (Å²) in [6.45, 7) is 0. The van der Waals surface area contributed by atoms with Crippen LogP contribution in [0.3, 0.4) is 0 Å². The second-order valence-corrected chi connectivity index (χ2v) is 5.19. The molecule has 2 heterocycles. The quantitative estimate of drug-likeness (QED) is 0.804. The third-order valence-corrected chi connectivity index (χ3v) is 3.43. The molecule has 1 aliphatic rings. The Hall–Kier alpha value is -1.75. The Bertz CT molecular complexity index is 642. The van der Waals surface area contributed by atoms with Gasteiger partial charge in [-0.3, -0.25) is 9.78 Å². The van der Waals surface area contributed by atoms with Gasteiger partial charge >= 0.3 is 0 Å². The van der Waals surface area contributed by atoms with E-state index in [2.05, 4.69) is 20.9 Å². The van der Waals surface area contributed by atoms with Crippen molar-refractivity contribution < 1.29 is 13.9 Å². The summed E-state index contributed by atoms with van der Waals surface area (Å²) in [4.78, 5) is 16.2. The molecule has 0 saturated heterocycles. The number of hydrogen-bond donors (Lipinski definition) is 0. The number of Topliss-reactive ketones (excluding diaryl/α,β-unsaturated/α-hetero) is 1. The minimum Gasteiger partial charge on any atom is -0.483 e. The van der Waals surface area contributed by atoms with Crippen LogP contribution in [0.15, 0.2) is 41.0 Å². The van der Waals surface area contributed by atoms with E-state index in [9.17, 15) is 9.18 Å². The average Bonchev–Trinajstić information content (AvgIpc) is 2.40. The molecule has 19 heavy (non-hydrogen) atoms. The van der Waals surface area contributed by atoms with E-state index in [1.54, 1.807) is 12.3 Å². The summed E-state index contributed by atoms with van der Waals surface area (Å²) >= 11 is 3.30. The number of ether oxygens (including phenoxy) is 1. The van der Waals surface area contributed by atoms with Gasteiger partial charge in [-0.2, -0.15) is 0 Å². The molecule has 0 radical (unpaired) electrons. The fourth-order valence-electron chi connectivity index (χ4n) is 2.04. The normalized spacial score (nSPS) is 17.8. The van der Waals surface area contributed by atoms with Crippen molar-refractivity contribution in [2.24, 2.45) is 0 Å². The lowest BCUT2D eigenvalue weighted by Gasteiger charge is -2.24. The van der Waals surface area contributed by atoms with Crippen molar-refractivity contribution in [3.8, 4) is 5.75 Å². The third-order valence-electron chi connectivity index (χ3n) is 2.96. The van der Waals surface area contributed by atoms with Crippen LogP contribution < -0.4 is 4.74 Å². The van der Waals surface area contributed by atoms with Gasteiger partial charge < -0.3 is 4.74 Å². The summed E-state index contributed by atoms with van der Waals surface area (Å²) in [5.41, 5.74) is 0.986. The Balaban J connectivity index is 1.95. The maximum atomic E-state index is 13.1. The number of halogens is 2. The number of ketones is 1. The monoisotopic (exact) mass is 321 g/mol. The Morgan fingerprint density at radius 3 is 2.89 bits per heavy atom. The molecule has 2 aromatic rings. The Labute approximate surface area is 117 Å². The van der Waals surface area contributed by atoms with Gasteiger partial charge in [0.1, 0.15) is 17.7 Å². The number of pyridine rings is 1. The highest BCUT2D eigenvalue weighted by molar-refractivity contribution is 9.10. The lowest BCUT2D eigenvalue weighted by Crippen LogP contribution is -2.21. The van der Waals surface area contributed by atoms with Gasteiger partial charge in [-0.1, -0.05) is 0 Å². The van der Waals surface area contributed by atoms with Crippen LogP contribution in [0.2, 0.25) is 0 Å². The fourth-order valence-corrected chi connectivity index (χ4v) is 2.27. The molecule has 3 nitrogen and oxygen atoms in total. The Morgan fingerprint density at radius 2 is 2.16 bits per heavy atom. The van der Waals surface area contributed by atoms with Crippen LogP contribution in [-0.4, -0.2) is 10.8 Å². The molecule has 1 unspecified atom stereocenters. The van der Waals surface area contributed by atoms with Crippen molar-refractivity contribution in [2.45, 2.75) is 12.5 Å². The van der Waals surface area contributed by atoms with E-state index in [4.69, 9.17) is 4.74 Å². The van der Waals surface area contributed by atoms with Crippen LogP contribution in [-0.2, 0) is 0 Å². The molecule has 1 aromatic carbocycles. The summed E-state index contributed by atoms with van der Waals surface area (Å²) in [7, 11) is 0. The lowest BCUT2D eigenvalue weighted by molar-refractivity contribution is 0.0843. The van der Waals surface area contributed by atoms with Crippen LogP contribution in [0.1, 0.15) is 28.6 Å². The third kappa shape index (κ3) is 2.38. The number of hydrogen-bond acceptors (Lipinski definition) is 3. The Morgan fingerprint density at radius 1 is 1.32 bits per heavy atom. The van der Waals surface area contributed by atoms with Gasteiger partial charge in [0, 0.05) is 10.7 Å². The van der Waals surface area contributed by atoms with Crippen molar-refractivity contribution in [3.05, 3.63) is 58.1 Å². The van der Waals surface area contributed by atoms with Gasteiger partial charge in [0.05, 0.1) is 17.7 Å². The van der Waals surface area contributed by atoms with E-state index in [1.165, 1.54) is 18.2 Å².